The number of anilines is 1. The quantitative estimate of drug-likeness (QED) is 0.903. The average molecular weight is 348 g/mol. The number of likely N-dealkylation sites (tertiary alicyclic amines) is 1. The molecule has 3 rings (SSSR count). The summed E-state index contributed by atoms with van der Waals surface area (Å²) in [6.07, 6.45) is 7.61. The number of nitrogens with zero attached hydrogens (tertiary/aromatic N) is 4. The van der Waals surface area contributed by atoms with Crippen LogP contribution < -0.4 is 5.32 Å². The first kappa shape index (κ1) is 16.9. The van der Waals surface area contributed by atoms with Gasteiger partial charge >= 0.3 is 0 Å². The minimum Gasteiger partial charge on any atom is -0.309 e. The highest BCUT2D eigenvalue weighted by Crippen LogP contribution is 2.22. The molecule has 6 nitrogen and oxygen atoms in total. The lowest BCUT2D eigenvalue weighted by molar-refractivity contribution is -0.121. The maximum Gasteiger partial charge on any atom is 0.242 e. The highest BCUT2D eigenvalue weighted by atomic mass is 35.5. The van der Waals surface area contributed by atoms with Crippen molar-refractivity contribution in [1.82, 2.24) is 19.7 Å². The van der Waals surface area contributed by atoms with Gasteiger partial charge in [-0.25, -0.2) is 4.98 Å². The summed E-state index contributed by atoms with van der Waals surface area (Å²) in [6, 6.07) is 3.53. The summed E-state index contributed by atoms with van der Waals surface area (Å²) in [5.74, 6) is 0.475. The number of carbonyl (C=O) groups is 1. The van der Waals surface area contributed by atoms with Gasteiger partial charge in [0.2, 0.25) is 5.91 Å². The number of hydrogen-bond donors (Lipinski definition) is 1. The Labute approximate surface area is 146 Å². The van der Waals surface area contributed by atoms with Gasteiger partial charge in [0.1, 0.15) is 5.82 Å². The topological polar surface area (TPSA) is 63.1 Å². The predicted octanol–water partition coefficient (Wildman–Crippen LogP) is 2.73. The van der Waals surface area contributed by atoms with Gasteiger partial charge in [-0.05, 0) is 50.9 Å². The Bertz CT molecular complexity index is 699. The normalized spacial score (nSPS) is 19.4. The van der Waals surface area contributed by atoms with Crippen LogP contribution in [0.3, 0.4) is 0 Å². The Kier molecular flexibility index (Phi) is 5.16. The Morgan fingerprint density at radius 3 is 2.96 bits per heavy atom. The second-order valence-corrected chi connectivity index (χ2v) is 6.74. The third-order valence-electron chi connectivity index (χ3n) is 4.44. The van der Waals surface area contributed by atoms with Crippen molar-refractivity contribution in [3.8, 4) is 0 Å². The van der Waals surface area contributed by atoms with Crippen LogP contribution in [0.1, 0.15) is 25.3 Å². The number of carbonyl (C=O) groups excluding carboxylic acids is 1. The first-order chi connectivity index (χ1) is 11.5. The fourth-order valence-electron chi connectivity index (χ4n) is 3.18. The molecule has 3 heterocycles. The largest absolute Gasteiger partial charge is 0.309 e. The molecular formula is C17H22ClN5O. The van der Waals surface area contributed by atoms with Crippen molar-refractivity contribution < 1.29 is 4.79 Å². The van der Waals surface area contributed by atoms with Crippen molar-refractivity contribution >= 4 is 23.3 Å². The number of aryl methyl sites for hydroxylation is 1. The van der Waals surface area contributed by atoms with Crippen LogP contribution >= 0.6 is 11.6 Å². The van der Waals surface area contributed by atoms with E-state index in [1.165, 1.54) is 6.20 Å². The van der Waals surface area contributed by atoms with Crippen LogP contribution in [0.15, 0.2) is 30.7 Å². The van der Waals surface area contributed by atoms with Crippen LogP contribution in [0.4, 0.5) is 5.82 Å². The molecule has 0 bridgehead atoms. The molecule has 1 saturated heterocycles. The smallest absolute Gasteiger partial charge is 0.242 e. The molecule has 0 radical (unpaired) electrons. The van der Waals surface area contributed by atoms with Crippen molar-refractivity contribution in [1.29, 1.82) is 0 Å². The standard InChI is InChI=1S/C17H22ClN5O/c1-12-8-20-22(10-12)11-15-4-3-7-23(15)13(2)17(24)21-16-6-5-14(18)9-19-16/h5-6,8-10,13,15H,3-4,7,11H2,1-2H3,(H,19,21,24)/t13-,15-/m1/s1. The van der Waals surface area contributed by atoms with Gasteiger partial charge in [0, 0.05) is 18.4 Å². The zero-order valence-electron chi connectivity index (χ0n) is 13.9. The Balaban J connectivity index is 1.62. The molecule has 0 unspecified atom stereocenters. The van der Waals surface area contributed by atoms with Gasteiger partial charge in [-0.2, -0.15) is 5.10 Å². The summed E-state index contributed by atoms with van der Waals surface area (Å²) in [4.78, 5) is 18.9. The molecule has 0 saturated carbocycles. The molecule has 1 aliphatic rings. The van der Waals surface area contributed by atoms with Crippen LogP contribution in [-0.2, 0) is 11.3 Å². The molecule has 2 aromatic rings. The Morgan fingerprint density at radius 1 is 1.46 bits per heavy atom. The molecule has 2 aromatic heterocycles. The predicted molar refractivity (Wildman–Crippen MR) is 94.0 cm³/mol. The SMILES string of the molecule is Cc1cnn(C[C@H]2CCCN2[C@H](C)C(=O)Nc2ccc(Cl)cn2)c1. The Morgan fingerprint density at radius 2 is 2.29 bits per heavy atom. The van der Waals surface area contributed by atoms with Crippen molar-refractivity contribution in [2.45, 2.75) is 45.3 Å². The second-order valence-electron chi connectivity index (χ2n) is 6.30. The number of pyridine rings is 1. The number of hydrogen-bond acceptors (Lipinski definition) is 4. The fraction of sp³-hybridized carbons (Fsp3) is 0.471. The third kappa shape index (κ3) is 3.94. The van der Waals surface area contributed by atoms with Crippen LogP contribution in [0.5, 0.6) is 0 Å². The second kappa shape index (κ2) is 7.32. The van der Waals surface area contributed by atoms with Crippen LogP contribution in [0, 0.1) is 6.92 Å². The summed E-state index contributed by atoms with van der Waals surface area (Å²) in [5, 5.41) is 7.77. The molecule has 0 aromatic carbocycles. The van der Waals surface area contributed by atoms with Gasteiger partial charge in [-0.15, -0.1) is 0 Å². The average Bonchev–Trinajstić information content (AvgIpc) is 3.18. The molecule has 0 aliphatic carbocycles. The van der Waals surface area contributed by atoms with Crippen molar-refractivity contribution in [2.75, 3.05) is 11.9 Å². The zero-order chi connectivity index (χ0) is 17.1. The highest BCUT2D eigenvalue weighted by molar-refractivity contribution is 6.30. The molecule has 7 heteroatoms. The van der Waals surface area contributed by atoms with Gasteiger partial charge in [0.05, 0.1) is 23.8 Å². The molecule has 0 spiro atoms. The molecule has 1 fully saturated rings. The third-order valence-corrected chi connectivity index (χ3v) is 4.66. The van der Waals surface area contributed by atoms with Gasteiger partial charge < -0.3 is 5.32 Å². The number of halogens is 1. The minimum absolute atomic E-state index is 0.0478. The summed E-state index contributed by atoms with van der Waals surface area (Å²) in [7, 11) is 0. The first-order valence-corrected chi connectivity index (χ1v) is 8.58. The molecule has 2 atom stereocenters. The summed E-state index contributed by atoms with van der Waals surface area (Å²) in [5.41, 5.74) is 1.15. The maximum atomic E-state index is 12.5. The van der Waals surface area contributed by atoms with Crippen LogP contribution in [0.25, 0.3) is 0 Å². The fourth-order valence-corrected chi connectivity index (χ4v) is 3.29. The van der Waals surface area contributed by atoms with Crippen LogP contribution in [-0.4, -0.2) is 44.2 Å². The number of rotatable bonds is 5. The summed E-state index contributed by atoms with van der Waals surface area (Å²) < 4.78 is 1.96. The van der Waals surface area contributed by atoms with E-state index in [0.29, 0.717) is 16.9 Å². The van der Waals surface area contributed by atoms with Crippen molar-refractivity contribution in [3.05, 3.63) is 41.3 Å². The molecule has 1 N–H and O–H groups in total. The van der Waals surface area contributed by atoms with E-state index >= 15 is 0 Å². The van der Waals surface area contributed by atoms with Gasteiger partial charge in [0.15, 0.2) is 0 Å². The van der Waals surface area contributed by atoms with Gasteiger partial charge in [0.25, 0.3) is 0 Å². The number of aromatic nitrogens is 3. The first-order valence-electron chi connectivity index (χ1n) is 8.20. The van der Waals surface area contributed by atoms with E-state index in [-0.39, 0.29) is 11.9 Å². The van der Waals surface area contributed by atoms with E-state index in [9.17, 15) is 4.79 Å². The Hall–Kier alpha value is -1.92. The lowest BCUT2D eigenvalue weighted by atomic mass is 10.2. The van der Waals surface area contributed by atoms with Crippen molar-refractivity contribution in [2.24, 2.45) is 0 Å². The number of nitrogens with one attached hydrogen (secondary N) is 1. The van der Waals surface area contributed by atoms with E-state index in [1.807, 2.05) is 30.9 Å². The summed E-state index contributed by atoms with van der Waals surface area (Å²) >= 11 is 5.82. The van der Waals surface area contributed by atoms with Crippen LogP contribution in [0.2, 0.25) is 5.02 Å². The maximum absolute atomic E-state index is 12.5. The van der Waals surface area contributed by atoms with Crippen molar-refractivity contribution in [3.63, 3.8) is 0 Å². The molecular weight excluding hydrogens is 326 g/mol. The summed E-state index contributed by atoms with van der Waals surface area (Å²) in [6.45, 7) is 5.71. The van der Waals surface area contributed by atoms with E-state index in [2.05, 4.69) is 20.3 Å². The molecule has 24 heavy (non-hydrogen) atoms. The van der Waals surface area contributed by atoms with Gasteiger partial charge in [-0.1, -0.05) is 11.6 Å². The lowest BCUT2D eigenvalue weighted by Crippen LogP contribution is -2.46. The van der Waals surface area contributed by atoms with E-state index in [1.54, 1.807) is 12.1 Å². The molecule has 1 amide bonds. The molecule has 1 aliphatic heterocycles. The lowest BCUT2D eigenvalue weighted by Gasteiger charge is -2.29. The van der Waals surface area contributed by atoms with Gasteiger partial charge in [-0.3, -0.25) is 14.4 Å². The molecule has 128 valence electrons. The monoisotopic (exact) mass is 347 g/mol. The van der Waals surface area contributed by atoms with E-state index in [4.69, 9.17) is 11.6 Å². The highest BCUT2D eigenvalue weighted by Gasteiger charge is 2.32. The minimum atomic E-state index is -0.216. The van der Waals surface area contributed by atoms with E-state index in [0.717, 1.165) is 31.5 Å². The van der Waals surface area contributed by atoms with E-state index < -0.39 is 0 Å². The number of amides is 1. The zero-order valence-corrected chi connectivity index (χ0v) is 14.7.